The van der Waals surface area contributed by atoms with Crippen LogP contribution in [-0.4, -0.2) is 31.5 Å². The summed E-state index contributed by atoms with van der Waals surface area (Å²) in [6.45, 7) is 7.87. The van der Waals surface area contributed by atoms with E-state index < -0.39 is 0 Å². The highest BCUT2D eigenvalue weighted by Gasteiger charge is 2.22. The van der Waals surface area contributed by atoms with Crippen LogP contribution in [0.4, 0.5) is 0 Å². The third-order valence-electron chi connectivity index (χ3n) is 4.82. The van der Waals surface area contributed by atoms with E-state index in [2.05, 4.69) is 15.3 Å². The molecule has 1 amide bonds. The number of nitrogens with zero attached hydrogens (tertiary/aromatic N) is 4. The Morgan fingerprint density at radius 1 is 1.21 bits per heavy atom. The topological polar surface area (TPSA) is 72.2 Å². The van der Waals surface area contributed by atoms with E-state index in [9.17, 15) is 4.79 Å². The third kappa shape index (κ3) is 3.42. The summed E-state index contributed by atoms with van der Waals surface area (Å²) in [5.74, 6) is 2.03. The van der Waals surface area contributed by atoms with Gasteiger partial charge < -0.3 is 5.32 Å². The van der Waals surface area contributed by atoms with Crippen molar-refractivity contribution in [2.45, 2.75) is 78.2 Å². The van der Waals surface area contributed by atoms with E-state index in [1.165, 1.54) is 32.1 Å². The molecular weight excluding hydrogens is 302 g/mol. The summed E-state index contributed by atoms with van der Waals surface area (Å²) in [7, 11) is 0. The van der Waals surface area contributed by atoms with Crippen molar-refractivity contribution < 1.29 is 4.79 Å². The first kappa shape index (κ1) is 16.9. The molecule has 2 heterocycles. The quantitative estimate of drug-likeness (QED) is 0.936. The lowest BCUT2D eigenvalue weighted by Gasteiger charge is -2.17. The van der Waals surface area contributed by atoms with Crippen molar-refractivity contribution in [1.29, 1.82) is 0 Å². The van der Waals surface area contributed by atoms with Gasteiger partial charge in [-0.2, -0.15) is 4.98 Å². The first-order valence-electron chi connectivity index (χ1n) is 8.98. The number of carbonyl (C=O) groups is 1. The zero-order valence-electron chi connectivity index (χ0n) is 15.1. The van der Waals surface area contributed by atoms with Crippen LogP contribution in [0, 0.1) is 13.8 Å². The minimum atomic E-state index is 0.0185. The van der Waals surface area contributed by atoms with Crippen LogP contribution in [0.3, 0.4) is 0 Å². The smallest absolute Gasteiger partial charge is 0.252 e. The Morgan fingerprint density at radius 2 is 1.92 bits per heavy atom. The van der Waals surface area contributed by atoms with Crippen molar-refractivity contribution >= 4 is 11.7 Å². The van der Waals surface area contributed by atoms with Gasteiger partial charge in [0.1, 0.15) is 0 Å². The van der Waals surface area contributed by atoms with E-state index in [0.717, 1.165) is 22.8 Å². The van der Waals surface area contributed by atoms with Crippen molar-refractivity contribution in [3.8, 4) is 0 Å². The normalized spacial score (nSPS) is 16.0. The monoisotopic (exact) mass is 329 g/mol. The van der Waals surface area contributed by atoms with E-state index in [0.29, 0.717) is 18.1 Å². The lowest BCUT2D eigenvalue weighted by atomic mass is 9.89. The molecule has 1 aliphatic carbocycles. The van der Waals surface area contributed by atoms with Crippen molar-refractivity contribution in [1.82, 2.24) is 24.9 Å². The molecule has 0 radical (unpaired) electrons. The highest BCUT2D eigenvalue weighted by Crippen LogP contribution is 2.31. The Hall–Kier alpha value is -1.98. The summed E-state index contributed by atoms with van der Waals surface area (Å²) in [4.78, 5) is 21.4. The molecule has 2 aromatic heterocycles. The number of hydrogen-bond acceptors (Lipinski definition) is 4. The summed E-state index contributed by atoms with van der Waals surface area (Å²) < 4.78 is 1.81. The van der Waals surface area contributed by atoms with Gasteiger partial charge >= 0.3 is 0 Å². The standard InChI is InChI=1S/C18H27N5O/c1-11(2)19-16(24)10-15-12(3)20-18-21-17(22-23(18)13(15)4)14-8-6-5-7-9-14/h11,14H,5-10H2,1-4H3,(H,19,24). The molecule has 24 heavy (non-hydrogen) atoms. The van der Waals surface area contributed by atoms with Gasteiger partial charge in [0, 0.05) is 28.9 Å². The Kier molecular flexibility index (Phi) is 4.83. The molecule has 2 aromatic rings. The lowest BCUT2D eigenvalue weighted by molar-refractivity contribution is -0.120. The van der Waals surface area contributed by atoms with Gasteiger partial charge in [0.15, 0.2) is 5.82 Å². The molecule has 0 bridgehead atoms. The fraction of sp³-hybridized carbons (Fsp3) is 0.667. The van der Waals surface area contributed by atoms with Crippen LogP contribution in [0.1, 0.15) is 74.6 Å². The molecule has 0 aliphatic heterocycles. The largest absolute Gasteiger partial charge is 0.354 e. The maximum atomic E-state index is 12.1. The van der Waals surface area contributed by atoms with Gasteiger partial charge in [-0.1, -0.05) is 19.3 Å². The van der Waals surface area contributed by atoms with Gasteiger partial charge in [-0.15, -0.1) is 5.10 Å². The van der Waals surface area contributed by atoms with E-state index >= 15 is 0 Å². The summed E-state index contributed by atoms with van der Waals surface area (Å²) in [5.41, 5.74) is 2.77. The maximum Gasteiger partial charge on any atom is 0.252 e. The van der Waals surface area contributed by atoms with Crippen molar-refractivity contribution in [3.05, 3.63) is 22.8 Å². The fourth-order valence-electron chi connectivity index (χ4n) is 3.55. The molecule has 0 unspecified atom stereocenters. The summed E-state index contributed by atoms with van der Waals surface area (Å²) in [5, 5.41) is 7.66. The Morgan fingerprint density at radius 3 is 2.58 bits per heavy atom. The molecule has 0 saturated heterocycles. The summed E-state index contributed by atoms with van der Waals surface area (Å²) in [6.07, 6.45) is 6.49. The Labute approximate surface area is 143 Å². The highest BCUT2D eigenvalue weighted by molar-refractivity contribution is 5.79. The summed E-state index contributed by atoms with van der Waals surface area (Å²) in [6, 6.07) is 0.138. The number of aromatic nitrogens is 4. The maximum absolute atomic E-state index is 12.1. The zero-order chi connectivity index (χ0) is 17.3. The molecule has 6 heteroatoms. The van der Waals surface area contributed by atoms with Crippen LogP contribution < -0.4 is 5.32 Å². The molecule has 0 spiro atoms. The van der Waals surface area contributed by atoms with Crippen LogP contribution in [0.2, 0.25) is 0 Å². The van der Waals surface area contributed by atoms with E-state index in [4.69, 9.17) is 5.10 Å². The number of aryl methyl sites for hydroxylation is 2. The van der Waals surface area contributed by atoms with Crippen molar-refractivity contribution in [2.24, 2.45) is 0 Å². The minimum absolute atomic E-state index is 0.0185. The minimum Gasteiger partial charge on any atom is -0.354 e. The number of amides is 1. The second-order valence-corrected chi connectivity index (χ2v) is 7.18. The van der Waals surface area contributed by atoms with Crippen LogP contribution >= 0.6 is 0 Å². The number of hydrogen-bond donors (Lipinski definition) is 1. The Balaban J connectivity index is 1.92. The average Bonchev–Trinajstić information content (AvgIpc) is 2.95. The molecule has 1 aliphatic rings. The van der Waals surface area contributed by atoms with Gasteiger partial charge in [0.2, 0.25) is 5.91 Å². The van der Waals surface area contributed by atoms with Crippen LogP contribution in [0.5, 0.6) is 0 Å². The predicted octanol–water partition coefficient (Wildman–Crippen LogP) is 2.86. The first-order valence-corrected chi connectivity index (χ1v) is 8.98. The van der Waals surface area contributed by atoms with Gasteiger partial charge in [0.05, 0.1) is 6.42 Å². The average molecular weight is 329 g/mol. The van der Waals surface area contributed by atoms with E-state index in [-0.39, 0.29) is 11.9 Å². The van der Waals surface area contributed by atoms with Crippen LogP contribution in [0.15, 0.2) is 0 Å². The predicted molar refractivity (Wildman–Crippen MR) is 93.1 cm³/mol. The molecule has 1 saturated carbocycles. The molecule has 0 aromatic carbocycles. The Bertz CT molecular complexity index is 743. The van der Waals surface area contributed by atoms with Gasteiger partial charge in [-0.05, 0) is 40.5 Å². The second kappa shape index (κ2) is 6.87. The van der Waals surface area contributed by atoms with Crippen LogP contribution in [0.25, 0.3) is 5.78 Å². The van der Waals surface area contributed by atoms with Crippen molar-refractivity contribution in [3.63, 3.8) is 0 Å². The lowest BCUT2D eigenvalue weighted by Crippen LogP contribution is -2.32. The molecule has 6 nitrogen and oxygen atoms in total. The fourth-order valence-corrected chi connectivity index (χ4v) is 3.55. The molecule has 0 atom stereocenters. The van der Waals surface area contributed by atoms with Gasteiger partial charge in [-0.25, -0.2) is 9.50 Å². The summed E-state index contributed by atoms with van der Waals surface area (Å²) >= 11 is 0. The third-order valence-corrected chi connectivity index (χ3v) is 4.82. The molecular formula is C18H27N5O. The van der Waals surface area contributed by atoms with E-state index in [1.807, 2.05) is 32.2 Å². The molecule has 1 fully saturated rings. The zero-order valence-corrected chi connectivity index (χ0v) is 15.1. The van der Waals surface area contributed by atoms with Crippen LogP contribution in [-0.2, 0) is 11.2 Å². The molecule has 130 valence electrons. The number of nitrogens with one attached hydrogen (secondary N) is 1. The number of fused-ring (bicyclic) bond motifs is 1. The molecule has 1 N–H and O–H groups in total. The highest BCUT2D eigenvalue weighted by atomic mass is 16.1. The van der Waals surface area contributed by atoms with Gasteiger partial charge in [0.25, 0.3) is 5.78 Å². The second-order valence-electron chi connectivity index (χ2n) is 7.18. The number of rotatable bonds is 4. The molecule has 3 rings (SSSR count). The number of carbonyl (C=O) groups excluding carboxylic acids is 1. The van der Waals surface area contributed by atoms with Crippen molar-refractivity contribution in [2.75, 3.05) is 0 Å². The van der Waals surface area contributed by atoms with Gasteiger partial charge in [-0.3, -0.25) is 4.79 Å². The SMILES string of the molecule is Cc1nc2nc(C3CCCCC3)nn2c(C)c1CC(=O)NC(C)C. The van der Waals surface area contributed by atoms with E-state index in [1.54, 1.807) is 0 Å². The first-order chi connectivity index (χ1) is 11.5.